The van der Waals surface area contributed by atoms with Gasteiger partial charge in [0.2, 0.25) is 11.8 Å². The summed E-state index contributed by atoms with van der Waals surface area (Å²) in [5, 5.41) is 9.16. The highest BCUT2D eigenvalue weighted by Gasteiger charge is 2.51. The Morgan fingerprint density at radius 3 is 2.17 bits per heavy atom. The van der Waals surface area contributed by atoms with E-state index in [1.165, 1.54) is 11.8 Å². The van der Waals surface area contributed by atoms with E-state index in [1.54, 1.807) is 0 Å². The number of hydrogen-bond acceptors (Lipinski definition) is 4. The number of benzene rings is 1. The molecular formula is C14H17F3N2O3S. The molecule has 0 heterocycles. The van der Waals surface area contributed by atoms with Crippen LogP contribution in [0.1, 0.15) is 18.9 Å². The minimum Gasteiger partial charge on any atom is -0.380 e. The summed E-state index contributed by atoms with van der Waals surface area (Å²) < 4.78 is 37.2. The topological polar surface area (TPSA) is 78.4 Å². The summed E-state index contributed by atoms with van der Waals surface area (Å²) in [4.78, 5) is 23.7. The average molecular weight is 350 g/mol. The Hall–Kier alpha value is -1.74. The zero-order valence-corrected chi connectivity index (χ0v) is 13.3. The lowest BCUT2D eigenvalue weighted by atomic mass is 10.0. The fourth-order valence-corrected chi connectivity index (χ4v) is 2.11. The van der Waals surface area contributed by atoms with E-state index >= 15 is 0 Å². The van der Waals surface area contributed by atoms with Crippen molar-refractivity contribution in [2.24, 2.45) is 0 Å². The van der Waals surface area contributed by atoms with Crippen LogP contribution >= 0.6 is 11.8 Å². The minimum absolute atomic E-state index is 0.0149. The van der Waals surface area contributed by atoms with Crippen molar-refractivity contribution in [2.75, 3.05) is 5.75 Å². The number of aryl methyl sites for hydroxylation is 1. The van der Waals surface area contributed by atoms with Gasteiger partial charge in [-0.05, 0) is 26.0 Å². The minimum atomic E-state index is -4.93. The summed E-state index contributed by atoms with van der Waals surface area (Å²) in [6, 6.07) is 7.40. The van der Waals surface area contributed by atoms with Crippen LogP contribution in [-0.2, 0) is 9.59 Å². The molecule has 23 heavy (non-hydrogen) atoms. The van der Waals surface area contributed by atoms with E-state index in [-0.39, 0.29) is 5.75 Å². The molecule has 1 rings (SSSR count). The Morgan fingerprint density at radius 2 is 1.65 bits per heavy atom. The molecule has 3 N–H and O–H groups in total. The lowest BCUT2D eigenvalue weighted by molar-refractivity contribution is -0.253. The molecule has 0 unspecified atom stereocenters. The van der Waals surface area contributed by atoms with Crippen molar-refractivity contribution in [3.63, 3.8) is 0 Å². The van der Waals surface area contributed by atoms with Crippen molar-refractivity contribution in [1.82, 2.24) is 10.9 Å². The van der Waals surface area contributed by atoms with Crippen LogP contribution in [-0.4, -0.2) is 34.5 Å². The van der Waals surface area contributed by atoms with E-state index in [9.17, 15) is 22.8 Å². The Morgan fingerprint density at radius 1 is 1.13 bits per heavy atom. The van der Waals surface area contributed by atoms with Gasteiger partial charge in [0.1, 0.15) is 0 Å². The van der Waals surface area contributed by atoms with Gasteiger partial charge in [-0.2, -0.15) is 13.2 Å². The third-order valence-electron chi connectivity index (χ3n) is 2.85. The van der Waals surface area contributed by atoms with Crippen LogP contribution in [0, 0.1) is 6.92 Å². The number of rotatable bonds is 5. The van der Waals surface area contributed by atoms with Gasteiger partial charge in [-0.15, -0.1) is 11.8 Å². The highest BCUT2D eigenvalue weighted by atomic mass is 32.2. The Kier molecular flexibility index (Phi) is 6.46. The second kappa shape index (κ2) is 7.69. The van der Waals surface area contributed by atoms with Crippen molar-refractivity contribution in [3.05, 3.63) is 29.8 Å². The summed E-state index contributed by atoms with van der Waals surface area (Å²) >= 11 is 1.21. The van der Waals surface area contributed by atoms with Crippen LogP contribution in [0.3, 0.4) is 0 Å². The van der Waals surface area contributed by atoms with E-state index in [4.69, 9.17) is 5.11 Å². The van der Waals surface area contributed by atoms with Crippen molar-refractivity contribution >= 4 is 23.6 Å². The van der Waals surface area contributed by atoms with Crippen molar-refractivity contribution < 1.29 is 27.9 Å². The predicted octanol–water partition coefficient (Wildman–Crippen LogP) is 1.94. The highest BCUT2D eigenvalue weighted by molar-refractivity contribution is 8.00. The summed E-state index contributed by atoms with van der Waals surface area (Å²) in [6.45, 7) is 2.41. The molecule has 0 aliphatic heterocycles. The van der Waals surface area contributed by atoms with E-state index in [1.807, 2.05) is 42.0 Å². The molecule has 1 aromatic carbocycles. The number of nitrogens with one attached hydrogen (secondary N) is 2. The molecule has 1 atom stereocenters. The number of hydrazine groups is 1. The maximum Gasteiger partial charge on any atom is 0.417 e. The number of carbonyl (C=O) groups is 2. The van der Waals surface area contributed by atoms with Gasteiger partial charge >= 0.3 is 6.18 Å². The summed E-state index contributed by atoms with van der Waals surface area (Å²) in [7, 11) is 0. The van der Waals surface area contributed by atoms with E-state index in [0.717, 1.165) is 10.5 Å². The van der Waals surface area contributed by atoms with E-state index in [0.29, 0.717) is 6.92 Å². The number of thioether (sulfide) groups is 1. The molecule has 0 spiro atoms. The summed E-state index contributed by atoms with van der Waals surface area (Å²) in [5.74, 6) is -1.73. The van der Waals surface area contributed by atoms with Crippen LogP contribution in [0.5, 0.6) is 0 Å². The molecule has 1 aromatic rings. The van der Waals surface area contributed by atoms with Gasteiger partial charge in [0.05, 0.1) is 12.2 Å². The van der Waals surface area contributed by atoms with Gasteiger partial charge in [-0.25, -0.2) is 0 Å². The van der Waals surface area contributed by atoms with Gasteiger partial charge in [0, 0.05) is 4.90 Å². The fourth-order valence-electron chi connectivity index (χ4n) is 1.42. The molecule has 5 nitrogen and oxygen atoms in total. The number of amides is 2. The number of alkyl halides is 3. The third-order valence-corrected chi connectivity index (χ3v) is 3.86. The molecule has 0 fully saturated rings. The zero-order chi connectivity index (χ0) is 17.7. The lowest BCUT2D eigenvalue weighted by Gasteiger charge is -2.25. The Bertz CT molecular complexity index is 559. The van der Waals surface area contributed by atoms with Crippen LogP contribution in [0.25, 0.3) is 0 Å². The van der Waals surface area contributed by atoms with Gasteiger partial charge < -0.3 is 5.11 Å². The monoisotopic (exact) mass is 350 g/mol. The quantitative estimate of drug-likeness (QED) is 0.560. The summed E-state index contributed by atoms with van der Waals surface area (Å²) in [5.41, 5.74) is 1.76. The van der Waals surface area contributed by atoms with Crippen molar-refractivity contribution in [2.45, 2.75) is 36.9 Å². The van der Waals surface area contributed by atoms with E-state index < -0.39 is 30.0 Å². The van der Waals surface area contributed by atoms with Gasteiger partial charge in [-0.1, -0.05) is 17.7 Å². The number of aliphatic hydroxyl groups is 1. The molecule has 0 aromatic heterocycles. The molecule has 2 amide bonds. The predicted molar refractivity (Wildman–Crippen MR) is 79.5 cm³/mol. The second-order valence-electron chi connectivity index (χ2n) is 5.15. The first kappa shape index (κ1) is 19.3. The zero-order valence-electron chi connectivity index (χ0n) is 12.5. The molecule has 0 radical (unpaired) electrons. The number of carbonyl (C=O) groups excluding carboxylic acids is 2. The molecule has 0 bridgehead atoms. The SMILES string of the molecule is Cc1ccc(SCC(=O)NNC(=O)C[C@@](C)(O)C(F)(F)F)cc1. The molecular weight excluding hydrogens is 333 g/mol. The van der Waals surface area contributed by atoms with Crippen LogP contribution < -0.4 is 10.9 Å². The van der Waals surface area contributed by atoms with Crippen LogP contribution in [0.2, 0.25) is 0 Å². The molecule has 0 saturated carbocycles. The smallest absolute Gasteiger partial charge is 0.380 e. The van der Waals surface area contributed by atoms with Gasteiger partial charge in [0.15, 0.2) is 5.60 Å². The molecule has 128 valence electrons. The molecule has 0 aliphatic rings. The largest absolute Gasteiger partial charge is 0.417 e. The van der Waals surface area contributed by atoms with E-state index in [2.05, 4.69) is 0 Å². The highest BCUT2D eigenvalue weighted by Crippen LogP contribution is 2.32. The third kappa shape index (κ3) is 6.49. The Balaban J connectivity index is 2.35. The summed E-state index contributed by atoms with van der Waals surface area (Å²) in [6.07, 6.45) is -6.14. The first-order valence-corrected chi connectivity index (χ1v) is 7.56. The second-order valence-corrected chi connectivity index (χ2v) is 6.20. The first-order valence-electron chi connectivity index (χ1n) is 6.57. The normalized spacial score (nSPS) is 14.0. The van der Waals surface area contributed by atoms with Crippen LogP contribution in [0.4, 0.5) is 13.2 Å². The maximum atomic E-state index is 12.4. The van der Waals surface area contributed by atoms with Crippen LogP contribution in [0.15, 0.2) is 29.2 Å². The van der Waals surface area contributed by atoms with Crippen molar-refractivity contribution in [1.29, 1.82) is 0 Å². The van der Waals surface area contributed by atoms with Crippen molar-refractivity contribution in [3.8, 4) is 0 Å². The first-order chi connectivity index (χ1) is 10.5. The fraction of sp³-hybridized carbons (Fsp3) is 0.429. The standard InChI is InChI=1S/C14H17F3N2O3S/c1-9-3-5-10(6-4-9)23-8-12(21)19-18-11(20)7-13(2,22)14(15,16)17/h3-6,22H,7-8H2,1-2H3,(H,18,20)(H,19,21)/t13-/m1/s1. The molecule has 0 saturated heterocycles. The lowest BCUT2D eigenvalue weighted by Crippen LogP contribution is -2.49. The number of hydrogen-bond donors (Lipinski definition) is 3. The molecule has 9 heteroatoms. The Labute approximate surface area is 135 Å². The maximum absolute atomic E-state index is 12.4. The molecule has 0 aliphatic carbocycles. The average Bonchev–Trinajstić information content (AvgIpc) is 2.43. The van der Waals surface area contributed by atoms with Gasteiger partial charge in [0.25, 0.3) is 0 Å². The number of halogens is 3. The van der Waals surface area contributed by atoms with Gasteiger partial charge in [-0.3, -0.25) is 20.4 Å².